The number of hydrogen-bond donors (Lipinski definition) is 1. The normalized spacial score (nSPS) is 27.9. The van der Waals surface area contributed by atoms with Crippen LogP contribution in [0.5, 0.6) is 0 Å². The highest BCUT2D eigenvalue weighted by Gasteiger charge is 2.35. The molecule has 2 fully saturated rings. The van der Waals surface area contributed by atoms with Crippen LogP contribution in [0.15, 0.2) is 11.1 Å². The van der Waals surface area contributed by atoms with Gasteiger partial charge in [0.05, 0.1) is 25.1 Å². The Kier molecular flexibility index (Phi) is 3.56. The van der Waals surface area contributed by atoms with E-state index in [0.717, 1.165) is 31.8 Å². The lowest BCUT2D eigenvalue weighted by atomic mass is 9.90. The first kappa shape index (κ1) is 12.4. The highest BCUT2D eigenvalue weighted by Crippen LogP contribution is 2.31. The summed E-state index contributed by atoms with van der Waals surface area (Å²) in [5.74, 6) is 0.819. The number of H-pyrrole nitrogens is 1. The van der Waals surface area contributed by atoms with Gasteiger partial charge in [-0.25, -0.2) is 4.98 Å². The zero-order chi connectivity index (χ0) is 12.5. The number of morpholine rings is 1. The molecule has 6 heteroatoms. The first-order valence-corrected chi connectivity index (χ1v) is 7.46. The molecule has 3 rings (SSSR count). The maximum absolute atomic E-state index is 11.7. The Balaban J connectivity index is 1.94. The maximum atomic E-state index is 11.7. The van der Waals surface area contributed by atoms with Gasteiger partial charge in [0.15, 0.2) is 0 Å². The quantitative estimate of drug-likeness (QED) is 0.771. The Morgan fingerprint density at radius 3 is 3.17 bits per heavy atom. The largest absolute Gasteiger partial charge is 0.374 e. The van der Waals surface area contributed by atoms with E-state index in [-0.39, 0.29) is 5.56 Å². The van der Waals surface area contributed by atoms with E-state index in [2.05, 4.69) is 37.5 Å². The number of nitrogens with zero attached hydrogens (tertiary/aromatic N) is 2. The summed E-state index contributed by atoms with van der Waals surface area (Å²) in [6, 6.07) is 0.385. The van der Waals surface area contributed by atoms with Gasteiger partial charge in [-0.1, -0.05) is 12.8 Å². The topological polar surface area (TPSA) is 58.2 Å². The van der Waals surface area contributed by atoms with E-state index >= 15 is 0 Å². The van der Waals surface area contributed by atoms with Crippen LogP contribution >= 0.6 is 22.6 Å². The van der Waals surface area contributed by atoms with Crippen LogP contribution in [0, 0.1) is 3.57 Å². The van der Waals surface area contributed by atoms with Crippen molar-refractivity contribution < 1.29 is 4.74 Å². The predicted molar refractivity (Wildman–Crippen MR) is 76.9 cm³/mol. The van der Waals surface area contributed by atoms with Crippen LogP contribution in [0.4, 0.5) is 5.82 Å². The monoisotopic (exact) mass is 361 g/mol. The van der Waals surface area contributed by atoms with Gasteiger partial charge >= 0.3 is 0 Å². The van der Waals surface area contributed by atoms with Crippen molar-refractivity contribution in [3.05, 3.63) is 20.3 Å². The molecule has 1 saturated heterocycles. The van der Waals surface area contributed by atoms with Gasteiger partial charge in [0.2, 0.25) is 0 Å². The van der Waals surface area contributed by atoms with Gasteiger partial charge in [0, 0.05) is 6.54 Å². The predicted octanol–water partition coefficient (Wildman–Crippen LogP) is 1.52. The summed E-state index contributed by atoms with van der Waals surface area (Å²) in [6.45, 7) is 1.55. The Morgan fingerprint density at radius 2 is 2.28 bits per heavy atom. The second-order valence-electron chi connectivity index (χ2n) is 4.82. The number of fused-ring (bicyclic) bond motifs is 1. The number of rotatable bonds is 1. The summed E-state index contributed by atoms with van der Waals surface area (Å²) in [6.07, 6.45) is 6.54. The summed E-state index contributed by atoms with van der Waals surface area (Å²) in [4.78, 5) is 20.9. The molecule has 0 aromatic carbocycles. The second kappa shape index (κ2) is 5.16. The van der Waals surface area contributed by atoms with E-state index in [1.165, 1.54) is 19.2 Å². The molecule has 0 spiro atoms. The van der Waals surface area contributed by atoms with Gasteiger partial charge in [-0.2, -0.15) is 0 Å². The SMILES string of the molecule is O=c1[nH]cnc(N2CCOC3CCCCC32)c1I. The standard InChI is InChI=1S/C12H16IN3O2/c13-10-11(14-7-15-12(10)17)16-5-6-18-9-4-2-1-3-8(9)16/h7-9H,1-6H2,(H,14,15,17). The zero-order valence-corrected chi connectivity index (χ0v) is 12.2. The van der Waals surface area contributed by atoms with Crippen LogP contribution in [0.25, 0.3) is 0 Å². The molecule has 1 aromatic heterocycles. The summed E-state index contributed by atoms with van der Waals surface area (Å²) >= 11 is 2.08. The molecule has 1 aromatic rings. The van der Waals surface area contributed by atoms with Gasteiger partial charge in [0.1, 0.15) is 9.39 Å². The van der Waals surface area contributed by atoms with Gasteiger partial charge in [-0.15, -0.1) is 0 Å². The van der Waals surface area contributed by atoms with Crippen LogP contribution in [-0.2, 0) is 4.74 Å². The number of aromatic amines is 1. The number of aromatic nitrogens is 2. The first-order valence-electron chi connectivity index (χ1n) is 6.39. The fraction of sp³-hybridized carbons (Fsp3) is 0.667. The molecular weight excluding hydrogens is 345 g/mol. The van der Waals surface area contributed by atoms with Gasteiger partial charge in [-0.3, -0.25) is 4.79 Å². The molecule has 0 radical (unpaired) electrons. The lowest BCUT2D eigenvalue weighted by Crippen LogP contribution is -2.53. The summed E-state index contributed by atoms with van der Waals surface area (Å²) < 4.78 is 6.53. The zero-order valence-electron chi connectivity index (χ0n) is 10.1. The van der Waals surface area contributed by atoms with E-state index in [0.29, 0.717) is 15.7 Å². The molecular formula is C12H16IN3O2. The summed E-state index contributed by atoms with van der Waals surface area (Å²) in [5.41, 5.74) is -0.0561. The van der Waals surface area contributed by atoms with Crippen molar-refractivity contribution in [2.45, 2.75) is 37.8 Å². The fourth-order valence-corrected chi connectivity index (χ4v) is 3.54. The third-order valence-electron chi connectivity index (χ3n) is 3.78. The number of anilines is 1. The number of nitrogens with one attached hydrogen (secondary N) is 1. The van der Waals surface area contributed by atoms with Crippen LogP contribution < -0.4 is 10.5 Å². The van der Waals surface area contributed by atoms with Crippen molar-refractivity contribution in [3.8, 4) is 0 Å². The van der Waals surface area contributed by atoms with Crippen molar-refractivity contribution in [2.75, 3.05) is 18.1 Å². The highest BCUT2D eigenvalue weighted by molar-refractivity contribution is 14.1. The summed E-state index contributed by atoms with van der Waals surface area (Å²) in [7, 11) is 0. The molecule has 18 heavy (non-hydrogen) atoms. The average Bonchev–Trinajstić information content (AvgIpc) is 2.41. The minimum absolute atomic E-state index is 0.0561. The molecule has 2 atom stereocenters. The van der Waals surface area contributed by atoms with E-state index in [1.807, 2.05) is 0 Å². The molecule has 1 saturated carbocycles. The Morgan fingerprint density at radius 1 is 1.44 bits per heavy atom. The molecule has 1 aliphatic carbocycles. The highest BCUT2D eigenvalue weighted by atomic mass is 127. The van der Waals surface area contributed by atoms with Gasteiger partial charge in [-0.05, 0) is 35.4 Å². The van der Waals surface area contributed by atoms with Crippen LogP contribution in [-0.4, -0.2) is 35.3 Å². The van der Waals surface area contributed by atoms with E-state index in [1.54, 1.807) is 0 Å². The lowest BCUT2D eigenvalue weighted by molar-refractivity contribution is -0.00907. The molecule has 5 nitrogen and oxygen atoms in total. The Hall–Kier alpha value is -0.630. The van der Waals surface area contributed by atoms with Crippen molar-refractivity contribution in [1.82, 2.24) is 9.97 Å². The van der Waals surface area contributed by atoms with Gasteiger partial charge < -0.3 is 14.6 Å². The van der Waals surface area contributed by atoms with E-state index < -0.39 is 0 Å². The Labute approximate surface area is 119 Å². The molecule has 98 valence electrons. The number of hydrogen-bond acceptors (Lipinski definition) is 4. The first-order chi connectivity index (χ1) is 8.77. The minimum Gasteiger partial charge on any atom is -0.374 e. The number of ether oxygens (including phenoxy) is 1. The molecule has 2 unspecified atom stereocenters. The Bertz CT molecular complexity index is 488. The van der Waals surface area contributed by atoms with Gasteiger partial charge in [0.25, 0.3) is 5.56 Å². The third-order valence-corrected chi connectivity index (χ3v) is 4.75. The van der Waals surface area contributed by atoms with Crippen molar-refractivity contribution >= 4 is 28.4 Å². The summed E-state index contributed by atoms with van der Waals surface area (Å²) in [5, 5.41) is 0. The fourth-order valence-electron chi connectivity index (χ4n) is 2.93. The smallest absolute Gasteiger partial charge is 0.266 e. The second-order valence-corrected chi connectivity index (χ2v) is 5.90. The number of halogens is 1. The molecule has 1 N–H and O–H groups in total. The molecule has 2 heterocycles. The minimum atomic E-state index is -0.0561. The van der Waals surface area contributed by atoms with Crippen LogP contribution in [0.3, 0.4) is 0 Å². The molecule has 1 aliphatic heterocycles. The maximum Gasteiger partial charge on any atom is 0.266 e. The van der Waals surface area contributed by atoms with Crippen LogP contribution in [0.1, 0.15) is 25.7 Å². The van der Waals surface area contributed by atoms with Crippen molar-refractivity contribution in [2.24, 2.45) is 0 Å². The van der Waals surface area contributed by atoms with E-state index in [4.69, 9.17) is 4.74 Å². The molecule has 0 amide bonds. The van der Waals surface area contributed by atoms with E-state index in [9.17, 15) is 4.79 Å². The third kappa shape index (κ3) is 2.16. The lowest BCUT2D eigenvalue weighted by Gasteiger charge is -2.44. The average molecular weight is 361 g/mol. The van der Waals surface area contributed by atoms with Crippen molar-refractivity contribution in [1.29, 1.82) is 0 Å². The van der Waals surface area contributed by atoms with Crippen LogP contribution in [0.2, 0.25) is 0 Å². The molecule has 2 aliphatic rings. The molecule has 0 bridgehead atoms. The van der Waals surface area contributed by atoms with Crippen molar-refractivity contribution in [3.63, 3.8) is 0 Å².